The van der Waals surface area contributed by atoms with Crippen molar-refractivity contribution < 1.29 is 4.79 Å². The average molecular weight is 306 g/mol. The van der Waals surface area contributed by atoms with Crippen LogP contribution in [0.3, 0.4) is 0 Å². The van der Waals surface area contributed by atoms with Gasteiger partial charge in [0.2, 0.25) is 5.91 Å². The van der Waals surface area contributed by atoms with Crippen LogP contribution in [0.1, 0.15) is 19.0 Å². The highest BCUT2D eigenvalue weighted by Gasteiger charge is 2.07. The molecule has 0 radical (unpaired) electrons. The number of nitrogens with zero attached hydrogens (tertiary/aromatic N) is 1. The lowest BCUT2D eigenvalue weighted by molar-refractivity contribution is -0.121. The van der Waals surface area contributed by atoms with Crippen LogP contribution in [0, 0.1) is 0 Å². The van der Waals surface area contributed by atoms with Crippen LogP contribution in [0.15, 0.2) is 46.1 Å². The Labute approximate surface area is 127 Å². The van der Waals surface area contributed by atoms with Crippen molar-refractivity contribution in [1.82, 2.24) is 10.3 Å². The molecule has 2 aromatic rings. The zero-order valence-corrected chi connectivity index (χ0v) is 13.0. The number of benzene rings is 1. The number of aromatic nitrogens is 1. The fourth-order valence-corrected chi connectivity index (χ4v) is 3.26. The molecule has 0 aliphatic rings. The molecule has 1 aromatic heterocycles. The van der Waals surface area contributed by atoms with Crippen LogP contribution < -0.4 is 5.32 Å². The molecule has 0 saturated heterocycles. The van der Waals surface area contributed by atoms with Gasteiger partial charge in [0.25, 0.3) is 0 Å². The van der Waals surface area contributed by atoms with Gasteiger partial charge in [-0.25, -0.2) is 4.98 Å². The molecule has 0 bridgehead atoms. The lowest BCUT2D eigenvalue weighted by Crippen LogP contribution is -2.29. The van der Waals surface area contributed by atoms with Gasteiger partial charge in [0.05, 0.1) is 11.2 Å². The number of thiazole rings is 1. The number of hydrogen-bond donors (Lipinski definition) is 1. The maximum absolute atomic E-state index is 11.8. The first-order valence-corrected chi connectivity index (χ1v) is 8.42. The third kappa shape index (κ3) is 5.35. The number of amides is 1. The Kier molecular flexibility index (Phi) is 6.08. The molecule has 0 spiro atoms. The average Bonchev–Trinajstić information content (AvgIpc) is 2.97. The van der Waals surface area contributed by atoms with E-state index in [2.05, 4.69) is 29.4 Å². The van der Waals surface area contributed by atoms with E-state index in [0.717, 1.165) is 12.1 Å². The fourth-order valence-electron chi connectivity index (χ4n) is 1.72. The molecule has 20 heavy (non-hydrogen) atoms. The Morgan fingerprint density at radius 3 is 2.90 bits per heavy atom. The van der Waals surface area contributed by atoms with Crippen LogP contribution in [-0.4, -0.2) is 22.7 Å². The summed E-state index contributed by atoms with van der Waals surface area (Å²) >= 11 is 3.34. The van der Waals surface area contributed by atoms with E-state index in [9.17, 15) is 4.79 Å². The highest BCUT2D eigenvalue weighted by molar-refractivity contribution is 8.00. The van der Waals surface area contributed by atoms with E-state index < -0.39 is 0 Å². The Morgan fingerprint density at radius 2 is 2.20 bits per heavy atom. The first kappa shape index (κ1) is 15.1. The summed E-state index contributed by atoms with van der Waals surface area (Å²) in [5, 5.41) is 5.33. The van der Waals surface area contributed by atoms with E-state index in [0.29, 0.717) is 18.2 Å². The van der Waals surface area contributed by atoms with Gasteiger partial charge in [0, 0.05) is 28.5 Å². The third-order valence-corrected chi connectivity index (χ3v) is 4.51. The van der Waals surface area contributed by atoms with Crippen LogP contribution in [0.4, 0.5) is 0 Å². The molecule has 2 rings (SSSR count). The second-order valence-electron chi connectivity index (χ2n) is 4.53. The normalized spacial score (nSPS) is 12.1. The lowest BCUT2D eigenvalue weighted by Gasteiger charge is -2.12. The smallest absolute Gasteiger partial charge is 0.220 e. The molecule has 5 heteroatoms. The minimum atomic E-state index is 0.0958. The van der Waals surface area contributed by atoms with E-state index in [-0.39, 0.29) is 5.91 Å². The van der Waals surface area contributed by atoms with Crippen molar-refractivity contribution in [3.8, 4) is 0 Å². The van der Waals surface area contributed by atoms with Crippen LogP contribution >= 0.6 is 23.1 Å². The summed E-state index contributed by atoms with van der Waals surface area (Å²) in [7, 11) is 0. The molecule has 0 fully saturated rings. The summed E-state index contributed by atoms with van der Waals surface area (Å²) in [6, 6.07) is 10.2. The number of thioether (sulfide) groups is 1. The highest BCUT2D eigenvalue weighted by Crippen LogP contribution is 2.21. The van der Waals surface area contributed by atoms with Crippen molar-refractivity contribution in [2.75, 3.05) is 6.54 Å². The molecule has 1 amide bonds. The SMILES string of the molecule is CC(CNC(=O)CCc1cscn1)Sc1ccccc1. The molecule has 1 aromatic carbocycles. The largest absolute Gasteiger partial charge is 0.355 e. The number of carbonyl (C=O) groups excluding carboxylic acids is 1. The highest BCUT2D eigenvalue weighted by atomic mass is 32.2. The Morgan fingerprint density at radius 1 is 1.40 bits per heavy atom. The molecule has 0 aliphatic heterocycles. The van der Waals surface area contributed by atoms with Gasteiger partial charge in [-0.1, -0.05) is 25.1 Å². The summed E-state index contributed by atoms with van der Waals surface area (Å²) in [5.41, 5.74) is 2.79. The van der Waals surface area contributed by atoms with Crippen LogP contribution in [-0.2, 0) is 11.2 Å². The molecule has 1 unspecified atom stereocenters. The Bertz CT molecular complexity index is 514. The maximum atomic E-state index is 11.8. The number of hydrogen-bond acceptors (Lipinski definition) is 4. The molecular formula is C15H18N2OS2. The minimum Gasteiger partial charge on any atom is -0.355 e. The van der Waals surface area contributed by atoms with Gasteiger partial charge in [-0.3, -0.25) is 4.79 Å². The Balaban J connectivity index is 1.65. The van der Waals surface area contributed by atoms with Crippen molar-refractivity contribution in [3.63, 3.8) is 0 Å². The lowest BCUT2D eigenvalue weighted by atomic mass is 10.2. The van der Waals surface area contributed by atoms with Crippen molar-refractivity contribution in [1.29, 1.82) is 0 Å². The van der Waals surface area contributed by atoms with Crippen LogP contribution in [0.2, 0.25) is 0 Å². The predicted octanol–water partition coefficient (Wildman–Crippen LogP) is 3.37. The molecule has 3 nitrogen and oxygen atoms in total. The number of aryl methyl sites for hydroxylation is 1. The van der Waals surface area contributed by atoms with Gasteiger partial charge in [0.15, 0.2) is 0 Å². The monoisotopic (exact) mass is 306 g/mol. The van der Waals surface area contributed by atoms with Crippen molar-refractivity contribution >= 4 is 29.0 Å². The molecule has 106 valence electrons. The quantitative estimate of drug-likeness (QED) is 0.797. The van der Waals surface area contributed by atoms with Gasteiger partial charge in [0.1, 0.15) is 0 Å². The number of nitrogens with one attached hydrogen (secondary N) is 1. The van der Waals surface area contributed by atoms with E-state index in [1.165, 1.54) is 4.90 Å². The van der Waals surface area contributed by atoms with Gasteiger partial charge < -0.3 is 5.32 Å². The van der Waals surface area contributed by atoms with Crippen LogP contribution in [0.5, 0.6) is 0 Å². The van der Waals surface area contributed by atoms with Gasteiger partial charge in [-0.05, 0) is 18.6 Å². The Hall–Kier alpha value is -1.33. The topological polar surface area (TPSA) is 42.0 Å². The number of rotatable bonds is 7. The van der Waals surface area contributed by atoms with E-state index in [1.54, 1.807) is 28.6 Å². The van der Waals surface area contributed by atoms with Gasteiger partial charge in [-0.2, -0.15) is 0 Å². The third-order valence-electron chi connectivity index (χ3n) is 2.76. The van der Waals surface area contributed by atoms with Crippen molar-refractivity contribution in [3.05, 3.63) is 46.9 Å². The van der Waals surface area contributed by atoms with Gasteiger partial charge in [-0.15, -0.1) is 23.1 Å². The maximum Gasteiger partial charge on any atom is 0.220 e. The second-order valence-corrected chi connectivity index (χ2v) is 6.76. The zero-order valence-electron chi connectivity index (χ0n) is 11.4. The fraction of sp³-hybridized carbons (Fsp3) is 0.333. The zero-order chi connectivity index (χ0) is 14.2. The van der Waals surface area contributed by atoms with E-state index in [1.807, 2.05) is 23.6 Å². The van der Waals surface area contributed by atoms with Gasteiger partial charge >= 0.3 is 0 Å². The van der Waals surface area contributed by atoms with Crippen molar-refractivity contribution in [2.24, 2.45) is 0 Å². The first-order chi connectivity index (χ1) is 9.74. The predicted molar refractivity (Wildman–Crippen MR) is 85.2 cm³/mol. The second kappa shape index (κ2) is 8.07. The summed E-state index contributed by atoms with van der Waals surface area (Å²) < 4.78 is 0. The molecule has 1 atom stereocenters. The first-order valence-electron chi connectivity index (χ1n) is 6.59. The molecule has 0 aliphatic carbocycles. The summed E-state index contributed by atoms with van der Waals surface area (Å²) in [5.74, 6) is 0.0958. The van der Waals surface area contributed by atoms with E-state index >= 15 is 0 Å². The number of carbonyl (C=O) groups is 1. The van der Waals surface area contributed by atoms with E-state index in [4.69, 9.17) is 0 Å². The molecular weight excluding hydrogens is 288 g/mol. The molecule has 0 saturated carbocycles. The summed E-state index contributed by atoms with van der Waals surface area (Å²) in [6.07, 6.45) is 1.22. The van der Waals surface area contributed by atoms with Crippen LogP contribution in [0.25, 0.3) is 0 Å². The molecule has 1 heterocycles. The van der Waals surface area contributed by atoms with Crippen molar-refractivity contribution in [2.45, 2.75) is 29.9 Å². The molecule has 1 N–H and O–H groups in total. The minimum absolute atomic E-state index is 0.0958. The summed E-state index contributed by atoms with van der Waals surface area (Å²) in [6.45, 7) is 2.81. The standard InChI is InChI=1S/C15H18N2OS2/c1-12(20-14-5-3-2-4-6-14)9-16-15(18)8-7-13-10-19-11-17-13/h2-6,10-12H,7-9H2,1H3,(H,16,18). The summed E-state index contributed by atoms with van der Waals surface area (Å²) in [4.78, 5) is 17.2.